The van der Waals surface area contributed by atoms with Gasteiger partial charge in [-0.3, -0.25) is 5.43 Å². The number of para-hydroxylation sites is 1. The summed E-state index contributed by atoms with van der Waals surface area (Å²) in [5.74, 6) is 0. The van der Waals surface area contributed by atoms with E-state index in [-0.39, 0.29) is 0 Å². The van der Waals surface area contributed by atoms with Gasteiger partial charge in [0.15, 0.2) is 0 Å². The molecule has 0 radical (unpaired) electrons. The van der Waals surface area contributed by atoms with Crippen LogP contribution in [0.15, 0.2) is 69.7 Å². The van der Waals surface area contributed by atoms with Crippen LogP contribution in [0.2, 0.25) is 0 Å². The minimum absolute atomic E-state index is 0.770. The van der Waals surface area contributed by atoms with Crippen molar-refractivity contribution >= 4 is 49.5 Å². The first kappa shape index (κ1) is 16.1. The van der Waals surface area contributed by atoms with E-state index in [1.165, 1.54) is 22.2 Å². The van der Waals surface area contributed by atoms with Crippen LogP contribution in [0, 0.1) is 0 Å². The normalized spacial score (nSPS) is 11.4. The van der Waals surface area contributed by atoms with Crippen LogP contribution >= 0.6 is 27.3 Å². The molecule has 0 saturated carbocycles. The standard InChI is InChI=1S/C19H15BrN4S/c1-24-11-14(16-7-2-3-8-18(16)24)10-21-23-19-22-17(12-25-19)13-5-4-6-15(20)9-13/h2-12H,1H3,(H,22,23)/b21-10+. The van der Waals surface area contributed by atoms with E-state index in [1.807, 2.05) is 49.0 Å². The first-order valence-electron chi connectivity index (χ1n) is 7.75. The summed E-state index contributed by atoms with van der Waals surface area (Å²) in [5, 5.41) is 8.33. The van der Waals surface area contributed by atoms with E-state index in [4.69, 9.17) is 0 Å². The molecule has 2 aromatic heterocycles. The molecule has 2 heterocycles. The third-order valence-corrected chi connectivity index (χ3v) is 5.16. The van der Waals surface area contributed by atoms with Gasteiger partial charge < -0.3 is 4.57 Å². The molecule has 25 heavy (non-hydrogen) atoms. The summed E-state index contributed by atoms with van der Waals surface area (Å²) >= 11 is 5.03. The molecular formula is C19H15BrN4S. The lowest BCUT2D eigenvalue weighted by Crippen LogP contribution is -1.89. The molecule has 4 rings (SSSR count). The fourth-order valence-corrected chi connectivity index (χ4v) is 3.81. The number of aryl methyl sites for hydroxylation is 1. The fraction of sp³-hybridized carbons (Fsp3) is 0.0526. The smallest absolute Gasteiger partial charge is 0.203 e. The Bertz CT molecular complexity index is 1060. The summed E-state index contributed by atoms with van der Waals surface area (Å²) in [6, 6.07) is 16.4. The number of nitrogens with one attached hydrogen (secondary N) is 1. The van der Waals surface area contributed by atoms with Gasteiger partial charge >= 0.3 is 0 Å². The molecule has 2 aromatic carbocycles. The SMILES string of the molecule is Cn1cc(/C=N/Nc2nc(-c3cccc(Br)c3)cs2)c2ccccc21. The molecule has 0 unspecified atom stereocenters. The summed E-state index contributed by atoms with van der Waals surface area (Å²) in [5.41, 5.74) is 7.32. The van der Waals surface area contributed by atoms with Crippen molar-refractivity contribution in [3.05, 3.63) is 70.1 Å². The molecule has 0 aliphatic heterocycles. The van der Waals surface area contributed by atoms with Crippen LogP contribution in [0.4, 0.5) is 5.13 Å². The Balaban J connectivity index is 1.52. The van der Waals surface area contributed by atoms with Gasteiger partial charge in [0.2, 0.25) is 5.13 Å². The Morgan fingerprint density at radius 2 is 2.08 bits per heavy atom. The average Bonchev–Trinajstić information content (AvgIpc) is 3.21. The van der Waals surface area contributed by atoms with E-state index >= 15 is 0 Å². The van der Waals surface area contributed by atoms with Crippen molar-refractivity contribution in [2.45, 2.75) is 0 Å². The maximum atomic E-state index is 4.59. The zero-order valence-electron chi connectivity index (χ0n) is 13.5. The van der Waals surface area contributed by atoms with Crippen molar-refractivity contribution < 1.29 is 0 Å². The molecule has 0 bridgehead atoms. The van der Waals surface area contributed by atoms with Crippen LogP contribution in [0.3, 0.4) is 0 Å². The van der Waals surface area contributed by atoms with Crippen molar-refractivity contribution in [1.29, 1.82) is 0 Å². The topological polar surface area (TPSA) is 42.2 Å². The van der Waals surface area contributed by atoms with Gasteiger partial charge in [0, 0.05) is 45.1 Å². The first-order valence-corrected chi connectivity index (χ1v) is 9.42. The quantitative estimate of drug-likeness (QED) is 0.355. The summed E-state index contributed by atoms with van der Waals surface area (Å²) in [6.07, 6.45) is 3.91. The summed E-state index contributed by atoms with van der Waals surface area (Å²) < 4.78 is 3.15. The van der Waals surface area contributed by atoms with Crippen LogP contribution in [-0.4, -0.2) is 15.8 Å². The molecular weight excluding hydrogens is 396 g/mol. The molecule has 0 fully saturated rings. The number of aromatic nitrogens is 2. The highest BCUT2D eigenvalue weighted by Crippen LogP contribution is 2.27. The lowest BCUT2D eigenvalue weighted by molar-refractivity contribution is 0.968. The predicted octanol–water partition coefficient (Wildman–Crippen LogP) is 5.51. The number of nitrogens with zero attached hydrogens (tertiary/aromatic N) is 3. The van der Waals surface area contributed by atoms with Crippen molar-refractivity contribution in [2.75, 3.05) is 5.43 Å². The van der Waals surface area contributed by atoms with Gasteiger partial charge in [-0.25, -0.2) is 4.98 Å². The third-order valence-electron chi connectivity index (χ3n) is 3.92. The molecule has 0 saturated heterocycles. The second-order valence-electron chi connectivity index (χ2n) is 5.63. The summed E-state index contributed by atoms with van der Waals surface area (Å²) in [7, 11) is 2.04. The number of halogens is 1. The Kier molecular flexibility index (Phi) is 4.38. The van der Waals surface area contributed by atoms with E-state index in [0.717, 1.165) is 26.4 Å². The molecule has 124 valence electrons. The molecule has 4 aromatic rings. The second-order valence-corrected chi connectivity index (χ2v) is 7.40. The highest BCUT2D eigenvalue weighted by Gasteiger charge is 2.05. The predicted molar refractivity (Wildman–Crippen MR) is 109 cm³/mol. The fourth-order valence-electron chi connectivity index (χ4n) is 2.74. The largest absolute Gasteiger partial charge is 0.350 e. The van der Waals surface area contributed by atoms with Crippen molar-refractivity contribution in [3.63, 3.8) is 0 Å². The summed E-state index contributed by atoms with van der Waals surface area (Å²) in [4.78, 5) is 4.59. The lowest BCUT2D eigenvalue weighted by Gasteiger charge is -1.97. The van der Waals surface area contributed by atoms with Crippen molar-refractivity contribution in [1.82, 2.24) is 9.55 Å². The third kappa shape index (κ3) is 3.36. The molecule has 4 nitrogen and oxygen atoms in total. The van der Waals surface area contributed by atoms with E-state index in [0.29, 0.717) is 0 Å². The van der Waals surface area contributed by atoms with Crippen LogP contribution < -0.4 is 5.43 Å². The maximum Gasteiger partial charge on any atom is 0.203 e. The number of hydrogen-bond donors (Lipinski definition) is 1. The Morgan fingerprint density at radius 1 is 1.20 bits per heavy atom. The number of hydrazone groups is 1. The molecule has 0 aliphatic rings. The molecule has 0 aliphatic carbocycles. The van der Waals surface area contributed by atoms with Crippen molar-refractivity contribution in [2.24, 2.45) is 12.1 Å². The number of fused-ring (bicyclic) bond motifs is 1. The van der Waals surface area contributed by atoms with Gasteiger partial charge in [-0.2, -0.15) is 5.10 Å². The minimum atomic E-state index is 0.770. The molecule has 1 N–H and O–H groups in total. The van der Waals surface area contributed by atoms with E-state index in [2.05, 4.69) is 60.4 Å². The van der Waals surface area contributed by atoms with E-state index < -0.39 is 0 Å². The number of benzene rings is 2. The highest BCUT2D eigenvalue weighted by atomic mass is 79.9. The zero-order chi connectivity index (χ0) is 17.2. The minimum Gasteiger partial charge on any atom is -0.350 e. The Hall–Kier alpha value is -2.44. The zero-order valence-corrected chi connectivity index (χ0v) is 15.9. The van der Waals surface area contributed by atoms with E-state index in [1.54, 1.807) is 0 Å². The highest BCUT2D eigenvalue weighted by molar-refractivity contribution is 9.10. The van der Waals surface area contributed by atoms with Gasteiger partial charge in [-0.1, -0.05) is 46.3 Å². The van der Waals surface area contributed by atoms with Crippen LogP contribution in [0.1, 0.15) is 5.56 Å². The number of anilines is 1. The van der Waals surface area contributed by atoms with E-state index in [9.17, 15) is 0 Å². The Labute approximate surface area is 158 Å². The molecule has 0 amide bonds. The van der Waals surface area contributed by atoms with Gasteiger partial charge in [0.1, 0.15) is 0 Å². The van der Waals surface area contributed by atoms with Crippen molar-refractivity contribution in [3.8, 4) is 11.3 Å². The molecule has 0 spiro atoms. The van der Waals surface area contributed by atoms with Gasteiger partial charge in [-0.05, 0) is 18.2 Å². The van der Waals surface area contributed by atoms with Gasteiger partial charge in [-0.15, -0.1) is 11.3 Å². The number of thiazole rings is 1. The lowest BCUT2D eigenvalue weighted by atomic mass is 10.2. The van der Waals surface area contributed by atoms with Crippen LogP contribution in [0.5, 0.6) is 0 Å². The summed E-state index contributed by atoms with van der Waals surface area (Å²) in [6.45, 7) is 0. The number of rotatable bonds is 4. The number of hydrogen-bond acceptors (Lipinski definition) is 4. The average molecular weight is 411 g/mol. The molecule has 0 atom stereocenters. The van der Waals surface area contributed by atoms with Gasteiger partial charge in [0.25, 0.3) is 0 Å². The molecule has 6 heteroatoms. The van der Waals surface area contributed by atoms with Gasteiger partial charge in [0.05, 0.1) is 11.9 Å². The Morgan fingerprint density at radius 3 is 2.96 bits per heavy atom. The maximum absolute atomic E-state index is 4.59. The first-order chi connectivity index (χ1) is 12.2. The monoisotopic (exact) mass is 410 g/mol. The van der Waals surface area contributed by atoms with Crippen LogP contribution in [0.25, 0.3) is 22.2 Å². The second kappa shape index (κ2) is 6.82. The van der Waals surface area contributed by atoms with Crippen LogP contribution in [-0.2, 0) is 7.05 Å².